The summed E-state index contributed by atoms with van der Waals surface area (Å²) in [4.78, 5) is 12.5. The van der Waals surface area contributed by atoms with Crippen LogP contribution in [-0.4, -0.2) is 38.3 Å². The number of amides is 1. The minimum Gasteiger partial charge on any atom is -0.356 e. The molecule has 1 aromatic rings. The Labute approximate surface area is 145 Å². The lowest BCUT2D eigenvalue weighted by molar-refractivity contribution is -0.126. The fourth-order valence-electron chi connectivity index (χ4n) is 3.12. The first kappa shape index (κ1) is 18.9. The van der Waals surface area contributed by atoms with Gasteiger partial charge >= 0.3 is 0 Å². The Morgan fingerprint density at radius 2 is 1.92 bits per heavy atom. The van der Waals surface area contributed by atoms with Crippen molar-refractivity contribution >= 4 is 15.9 Å². The minimum absolute atomic E-state index is 0.0621. The predicted octanol–water partition coefficient (Wildman–Crippen LogP) is 2.62. The molecule has 0 radical (unpaired) electrons. The maximum Gasteiger partial charge on any atom is 0.243 e. The largest absolute Gasteiger partial charge is 0.356 e. The molecule has 24 heavy (non-hydrogen) atoms. The van der Waals surface area contributed by atoms with Crippen molar-refractivity contribution in [3.05, 3.63) is 29.3 Å². The molecule has 0 unspecified atom stereocenters. The van der Waals surface area contributed by atoms with Gasteiger partial charge in [0.15, 0.2) is 0 Å². The molecule has 1 amide bonds. The van der Waals surface area contributed by atoms with Crippen LogP contribution >= 0.6 is 0 Å². The zero-order valence-corrected chi connectivity index (χ0v) is 15.7. The Morgan fingerprint density at radius 1 is 1.25 bits per heavy atom. The van der Waals surface area contributed by atoms with Crippen LogP contribution in [0.1, 0.15) is 43.7 Å². The molecule has 0 atom stereocenters. The summed E-state index contributed by atoms with van der Waals surface area (Å²) in [6.07, 6.45) is 3.20. The fraction of sp³-hybridized carbons (Fsp3) is 0.611. The maximum absolute atomic E-state index is 12.8. The Hall–Kier alpha value is -1.40. The van der Waals surface area contributed by atoms with Crippen molar-refractivity contribution < 1.29 is 13.2 Å². The van der Waals surface area contributed by atoms with Crippen LogP contribution in [0.3, 0.4) is 0 Å². The first-order chi connectivity index (χ1) is 11.4. The third kappa shape index (κ3) is 4.36. The first-order valence-corrected chi connectivity index (χ1v) is 10.2. The van der Waals surface area contributed by atoms with E-state index in [-0.39, 0.29) is 11.8 Å². The normalized spacial score (nSPS) is 17.0. The number of nitrogens with zero attached hydrogens (tertiary/aromatic N) is 1. The Bertz CT molecular complexity index is 678. The van der Waals surface area contributed by atoms with Gasteiger partial charge in [0, 0.05) is 25.6 Å². The summed E-state index contributed by atoms with van der Waals surface area (Å²) in [5, 5.41) is 2.95. The zero-order chi connectivity index (χ0) is 17.7. The number of piperidine rings is 1. The molecule has 1 N–H and O–H groups in total. The molecule has 1 aliphatic rings. The molecule has 1 heterocycles. The van der Waals surface area contributed by atoms with Crippen LogP contribution in [0, 0.1) is 19.8 Å². The lowest BCUT2D eigenvalue weighted by Crippen LogP contribution is -2.43. The van der Waals surface area contributed by atoms with Crippen molar-refractivity contribution in [1.82, 2.24) is 9.62 Å². The number of aryl methyl sites for hydroxylation is 2. The fourth-order valence-corrected chi connectivity index (χ4v) is 4.79. The Kier molecular flexibility index (Phi) is 6.40. The highest BCUT2D eigenvalue weighted by molar-refractivity contribution is 7.89. The second-order valence-electron chi connectivity index (χ2n) is 6.59. The molecule has 134 valence electrons. The third-order valence-electron chi connectivity index (χ3n) is 4.60. The van der Waals surface area contributed by atoms with Crippen molar-refractivity contribution in [3.63, 3.8) is 0 Å². The average Bonchev–Trinajstić information content (AvgIpc) is 2.54. The summed E-state index contributed by atoms with van der Waals surface area (Å²) in [5.41, 5.74) is 1.82. The Balaban J connectivity index is 1.99. The number of hydrogen-bond acceptors (Lipinski definition) is 3. The van der Waals surface area contributed by atoms with E-state index < -0.39 is 10.0 Å². The summed E-state index contributed by atoms with van der Waals surface area (Å²) in [6, 6.07) is 5.40. The molecule has 0 saturated carbocycles. The standard InChI is InChI=1S/C18H28N2O3S/c1-4-5-10-19-18(21)16-8-11-20(12-9-16)24(22,23)17-7-6-14(2)13-15(17)3/h6-7,13,16H,4-5,8-12H2,1-3H3,(H,19,21). The van der Waals surface area contributed by atoms with Gasteiger partial charge in [0.2, 0.25) is 15.9 Å². The molecule has 0 aromatic heterocycles. The van der Waals surface area contributed by atoms with Crippen LogP contribution in [0.25, 0.3) is 0 Å². The molecule has 5 nitrogen and oxygen atoms in total. The van der Waals surface area contributed by atoms with Crippen LogP contribution in [0.5, 0.6) is 0 Å². The van der Waals surface area contributed by atoms with Crippen LogP contribution < -0.4 is 5.32 Å². The molecule has 1 aromatic carbocycles. The van der Waals surface area contributed by atoms with Gasteiger partial charge in [-0.15, -0.1) is 0 Å². The topological polar surface area (TPSA) is 66.5 Å². The van der Waals surface area contributed by atoms with Gasteiger partial charge in [-0.2, -0.15) is 4.31 Å². The maximum atomic E-state index is 12.8. The van der Waals surface area contributed by atoms with Crippen LogP contribution in [0.2, 0.25) is 0 Å². The highest BCUT2D eigenvalue weighted by atomic mass is 32.2. The lowest BCUT2D eigenvalue weighted by atomic mass is 9.97. The van der Waals surface area contributed by atoms with Crippen LogP contribution in [0.15, 0.2) is 23.1 Å². The van der Waals surface area contributed by atoms with Gasteiger partial charge in [-0.1, -0.05) is 31.0 Å². The van der Waals surface area contributed by atoms with E-state index in [1.807, 2.05) is 26.0 Å². The SMILES string of the molecule is CCCCNC(=O)C1CCN(S(=O)(=O)c2ccc(C)cc2C)CC1. The quantitative estimate of drug-likeness (QED) is 0.800. The lowest BCUT2D eigenvalue weighted by Gasteiger charge is -2.31. The number of benzene rings is 1. The molecule has 0 aliphatic carbocycles. The van der Waals surface area contributed by atoms with Gasteiger partial charge in [0.25, 0.3) is 0 Å². The number of carbonyl (C=O) groups excluding carboxylic acids is 1. The van der Waals surface area contributed by atoms with Crippen molar-refractivity contribution in [2.24, 2.45) is 5.92 Å². The summed E-state index contributed by atoms with van der Waals surface area (Å²) in [6.45, 7) is 7.38. The first-order valence-electron chi connectivity index (χ1n) is 8.71. The predicted molar refractivity (Wildman–Crippen MR) is 95.3 cm³/mol. The van der Waals surface area contributed by atoms with E-state index in [0.29, 0.717) is 37.4 Å². The van der Waals surface area contributed by atoms with Gasteiger partial charge in [-0.05, 0) is 44.7 Å². The second kappa shape index (κ2) is 8.12. The third-order valence-corrected chi connectivity index (χ3v) is 6.66. The molecule has 0 spiro atoms. The Morgan fingerprint density at radius 3 is 2.50 bits per heavy atom. The van der Waals surface area contributed by atoms with Gasteiger partial charge in [0.05, 0.1) is 4.90 Å². The highest BCUT2D eigenvalue weighted by Crippen LogP contribution is 2.26. The van der Waals surface area contributed by atoms with E-state index in [1.54, 1.807) is 6.07 Å². The van der Waals surface area contributed by atoms with E-state index in [1.165, 1.54) is 4.31 Å². The van der Waals surface area contributed by atoms with Crippen molar-refractivity contribution in [3.8, 4) is 0 Å². The summed E-state index contributed by atoms with van der Waals surface area (Å²) in [5.74, 6) is -0.0144. The molecular formula is C18H28N2O3S. The molecule has 0 bridgehead atoms. The number of unbranched alkanes of at least 4 members (excludes halogenated alkanes) is 1. The number of hydrogen-bond donors (Lipinski definition) is 1. The van der Waals surface area contributed by atoms with Gasteiger partial charge in [0.1, 0.15) is 0 Å². The number of sulfonamides is 1. The van der Waals surface area contributed by atoms with E-state index in [0.717, 1.165) is 24.0 Å². The molecular weight excluding hydrogens is 324 g/mol. The zero-order valence-electron chi connectivity index (χ0n) is 14.8. The molecule has 6 heteroatoms. The number of carbonyl (C=O) groups is 1. The van der Waals surface area contributed by atoms with Gasteiger partial charge in [-0.25, -0.2) is 8.42 Å². The van der Waals surface area contributed by atoms with Crippen LogP contribution in [0.4, 0.5) is 0 Å². The van der Waals surface area contributed by atoms with Crippen molar-refractivity contribution in [2.45, 2.75) is 51.3 Å². The summed E-state index contributed by atoms with van der Waals surface area (Å²) >= 11 is 0. The van der Waals surface area contributed by atoms with E-state index in [9.17, 15) is 13.2 Å². The minimum atomic E-state index is -3.48. The smallest absolute Gasteiger partial charge is 0.243 e. The molecule has 1 aliphatic heterocycles. The number of rotatable bonds is 6. The van der Waals surface area contributed by atoms with E-state index in [2.05, 4.69) is 12.2 Å². The van der Waals surface area contributed by atoms with Crippen molar-refractivity contribution in [2.75, 3.05) is 19.6 Å². The van der Waals surface area contributed by atoms with Crippen molar-refractivity contribution in [1.29, 1.82) is 0 Å². The number of nitrogens with one attached hydrogen (secondary N) is 1. The van der Waals surface area contributed by atoms with E-state index in [4.69, 9.17) is 0 Å². The molecule has 2 rings (SSSR count). The van der Waals surface area contributed by atoms with Gasteiger partial charge < -0.3 is 5.32 Å². The summed E-state index contributed by atoms with van der Waals surface area (Å²) < 4.78 is 27.2. The molecule has 1 fully saturated rings. The van der Waals surface area contributed by atoms with E-state index >= 15 is 0 Å². The van der Waals surface area contributed by atoms with Gasteiger partial charge in [-0.3, -0.25) is 4.79 Å². The monoisotopic (exact) mass is 352 g/mol. The summed E-state index contributed by atoms with van der Waals surface area (Å²) in [7, 11) is -3.48. The second-order valence-corrected chi connectivity index (χ2v) is 8.50. The highest BCUT2D eigenvalue weighted by Gasteiger charge is 2.32. The van der Waals surface area contributed by atoms with Crippen LogP contribution in [-0.2, 0) is 14.8 Å². The molecule has 1 saturated heterocycles. The average molecular weight is 353 g/mol.